The highest BCUT2D eigenvalue weighted by atomic mass is 32.2. The number of hydrogen-bond donors (Lipinski definition) is 2. The fourth-order valence-electron chi connectivity index (χ4n) is 2.00. The van der Waals surface area contributed by atoms with Gasteiger partial charge in [-0.3, -0.25) is 0 Å². The predicted molar refractivity (Wildman–Crippen MR) is 67.4 cm³/mol. The van der Waals surface area contributed by atoms with E-state index in [2.05, 4.69) is 0 Å². The number of nitrogens with two attached hydrogens (primary N) is 1. The quantitative estimate of drug-likeness (QED) is 0.843. The van der Waals surface area contributed by atoms with E-state index in [9.17, 15) is 13.2 Å². The van der Waals surface area contributed by atoms with Crippen LogP contribution in [-0.2, 0) is 10.0 Å². The number of nitrogens with zero attached hydrogens (tertiary/aromatic N) is 1. The van der Waals surface area contributed by atoms with Crippen LogP contribution in [0.15, 0.2) is 10.3 Å². The molecule has 1 aliphatic rings. The van der Waals surface area contributed by atoms with Crippen LogP contribution in [0.3, 0.4) is 0 Å². The molecule has 1 aromatic rings. The lowest BCUT2D eigenvalue weighted by Crippen LogP contribution is -2.32. The van der Waals surface area contributed by atoms with Crippen LogP contribution >= 0.6 is 11.3 Å². The van der Waals surface area contributed by atoms with E-state index < -0.39 is 16.0 Å². The van der Waals surface area contributed by atoms with Crippen molar-refractivity contribution in [2.75, 3.05) is 13.1 Å². The molecule has 0 aliphatic carbocycles. The average molecular weight is 290 g/mol. The van der Waals surface area contributed by atoms with E-state index in [1.807, 2.05) is 0 Å². The summed E-state index contributed by atoms with van der Waals surface area (Å²) in [7, 11) is -3.75. The molecule has 1 saturated heterocycles. The van der Waals surface area contributed by atoms with Crippen LogP contribution in [0.2, 0.25) is 0 Å². The molecule has 1 aliphatic heterocycles. The van der Waals surface area contributed by atoms with Crippen molar-refractivity contribution in [2.24, 2.45) is 5.73 Å². The van der Waals surface area contributed by atoms with Gasteiger partial charge in [0, 0.05) is 19.1 Å². The van der Waals surface area contributed by atoms with Gasteiger partial charge in [-0.2, -0.15) is 4.31 Å². The first-order valence-electron chi connectivity index (χ1n) is 5.41. The van der Waals surface area contributed by atoms with Gasteiger partial charge in [-0.05, 0) is 24.3 Å². The molecule has 1 atom stereocenters. The number of hydrogen-bond acceptors (Lipinski definition) is 5. The van der Waals surface area contributed by atoms with Gasteiger partial charge in [0.15, 0.2) is 0 Å². The van der Waals surface area contributed by atoms with Gasteiger partial charge in [0.1, 0.15) is 9.77 Å². The number of carboxylic acid groups (broad SMARTS) is 1. The maximum Gasteiger partial charge on any atom is 0.347 e. The van der Waals surface area contributed by atoms with E-state index in [1.165, 1.54) is 4.31 Å². The molecule has 1 fully saturated rings. The highest BCUT2D eigenvalue weighted by Gasteiger charge is 2.35. The van der Waals surface area contributed by atoms with Crippen LogP contribution in [0.1, 0.15) is 21.7 Å². The van der Waals surface area contributed by atoms with Crippen LogP contribution in [-0.4, -0.2) is 42.9 Å². The van der Waals surface area contributed by atoms with E-state index in [-0.39, 0.29) is 22.4 Å². The number of carbonyl (C=O) groups is 1. The van der Waals surface area contributed by atoms with Gasteiger partial charge in [-0.15, -0.1) is 11.3 Å². The average Bonchev–Trinajstić information content (AvgIpc) is 2.84. The molecule has 0 saturated carbocycles. The smallest absolute Gasteiger partial charge is 0.347 e. The molecular weight excluding hydrogens is 276 g/mol. The molecule has 1 unspecified atom stereocenters. The lowest BCUT2D eigenvalue weighted by Gasteiger charge is -2.16. The second kappa shape index (κ2) is 4.61. The molecule has 0 radical (unpaired) electrons. The maximum atomic E-state index is 12.4. The summed E-state index contributed by atoms with van der Waals surface area (Å²) in [5.41, 5.74) is 6.16. The first-order chi connectivity index (χ1) is 8.34. The Balaban J connectivity index is 2.48. The topological polar surface area (TPSA) is 101 Å². The number of aryl methyl sites for hydroxylation is 1. The lowest BCUT2D eigenvalue weighted by atomic mass is 10.3. The van der Waals surface area contributed by atoms with Gasteiger partial charge in [0.05, 0.1) is 0 Å². The van der Waals surface area contributed by atoms with E-state index in [0.29, 0.717) is 18.5 Å². The molecule has 6 nitrogen and oxygen atoms in total. The van der Waals surface area contributed by atoms with E-state index in [4.69, 9.17) is 10.8 Å². The first kappa shape index (κ1) is 13.5. The van der Waals surface area contributed by atoms with Crippen LogP contribution in [0.25, 0.3) is 0 Å². The minimum Gasteiger partial charge on any atom is -0.477 e. The molecule has 1 aromatic heterocycles. The lowest BCUT2D eigenvalue weighted by molar-refractivity contribution is 0.0698. The SMILES string of the molecule is Cc1csc(C(=O)O)c1S(=O)(=O)N1CCC(N)C1. The van der Waals surface area contributed by atoms with Crippen LogP contribution in [0.4, 0.5) is 0 Å². The molecule has 0 spiro atoms. The Morgan fingerprint density at radius 3 is 2.78 bits per heavy atom. The van der Waals surface area contributed by atoms with E-state index in [0.717, 1.165) is 11.3 Å². The summed E-state index contributed by atoms with van der Waals surface area (Å²) in [6.45, 7) is 2.19. The summed E-state index contributed by atoms with van der Waals surface area (Å²) >= 11 is 0.934. The summed E-state index contributed by atoms with van der Waals surface area (Å²) < 4.78 is 26.1. The Morgan fingerprint density at radius 2 is 2.28 bits per heavy atom. The fraction of sp³-hybridized carbons (Fsp3) is 0.500. The zero-order valence-corrected chi connectivity index (χ0v) is 11.4. The zero-order chi connectivity index (χ0) is 13.5. The highest BCUT2D eigenvalue weighted by Crippen LogP contribution is 2.30. The number of aromatic carboxylic acids is 1. The van der Waals surface area contributed by atoms with Crippen molar-refractivity contribution < 1.29 is 18.3 Å². The third kappa shape index (κ3) is 2.16. The number of carboxylic acids is 1. The predicted octanol–water partition coefficient (Wildman–Crippen LogP) is 0.476. The van der Waals surface area contributed by atoms with Crippen molar-refractivity contribution in [3.8, 4) is 0 Å². The van der Waals surface area contributed by atoms with Gasteiger partial charge < -0.3 is 10.8 Å². The third-order valence-corrected chi connectivity index (χ3v) is 6.17. The maximum absolute atomic E-state index is 12.4. The van der Waals surface area contributed by atoms with Gasteiger partial charge in [-0.1, -0.05) is 0 Å². The molecule has 18 heavy (non-hydrogen) atoms. The summed E-state index contributed by atoms with van der Waals surface area (Å²) in [6.07, 6.45) is 0.602. The summed E-state index contributed by atoms with van der Waals surface area (Å²) in [5.74, 6) is -1.21. The van der Waals surface area contributed by atoms with Gasteiger partial charge in [0.25, 0.3) is 0 Å². The Kier molecular flexibility index (Phi) is 3.45. The Labute approximate surface area is 109 Å². The summed E-state index contributed by atoms with van der Waals surface area (Å²) in [6, 6.07) is -0.174. The molecule has 8 heteroatoms. The van der Waals surface area contributed by atoms with Crippen molar-refractivity contribution in [2.45, 2.75) is 24.3 Å². The molecule has 2 rings (SSSR count). The van der Waals surface area contributed by atoms with Crippen LogP contribution in [0.5, 0.6) is 0 Å². The Morgan fingerprint density at radius 1 is 1.61 bits per heavy atom. The monoisotopic (exact) mass is 290 g/mol. The number of sulfonamides is 1. The second-order valence-corrected chi connectivity index (χ2v) is 7.05. The standard InChI is InChI=1S/C10H14N2O4S2/c1-6-5-17-8(10(13)14)9(6)18(15,16)12-3-2-7(11)4-12/h5,7H,2-4,11H2,1H3,(H,13,14). The van der Waals surface area contributed by atoms with Gasteiger partial charge in [-0.25, -0.2) is 13.2 Å². The normalized spacial score (nSPS) is 21.3. The molecule has 3 N–H and O–H groups in total. The zero-order valence-electron chi connectivity index (χ0n) is 9.79. The minimum absolute atomic E-state index is 0.0888. The minimum atomic E-state index is -3.75. The fourth-order valence-corrected chi connectivity index (χ4v) is 5.10. The van der Waals surface area contributed by atoms with Crippen LogP contribution < -0.4 is 5.73 Å². The molecule has 0 bridgehead atoms. The third-order valence-electron chi connectivity index (χ3n) is 2.90. The van der Waals surface area contributed by atoms with E-state index >= 15 is 0 Å². The largest absolute Gasteiger partial charge is 0.477 e. The van der Waals surface area contributed by atoms with Gasteiger partial charge >= 0.3 is 5.97 Å². The van der Waals surface area contributed by atoms with Gasteiger partial charge in [0.2, 0.25) is 10.0 Å². The molecular formula is C10H14N2O4S2. The summed E-state index contributed by atoms with van der Waals surface area (Å²) in [5, 5.41) is 10.6. The summed E-state index contributed by atoms with van der Waals surface area (Å²) in [4.78, 5) is 10.8. The molecule has 2 heterocycles. The molecule has 100 valence electrons. The Hall–Kier alpha value is -0.960. The van der Waals surface area contributed by atoms with Crippen molar-refractivity contribution in [1.82, 2.24) is 4.31 Å². The van der Waals surface area contributed by atoms with Crippen molar-refractivity contribution in [3.05, 3.63) is 15.8 Å². The molecule has 0 amide bonds. The van der Waals surface area contributed by atoms with Crippen molar-refractivity contribution in [1.29, 1.82) is 0 Å². The second-order valence-electron chi connectivity index (χ2n) is 4.29. The first-order valence-corrected chi connectivity index (χ1v) is 7.73. The van der Waals surface area contributed by atoms with E-state index in [1.54, 1.807) is 12.3 Å². The number of rotatable bonds is 3. The van der Waals surface area contributed by atoms with Crippen molar-refractivity contribution in [3.63, 3.8) is 0 Å². The Bertz CT molecular complexity index is 579. The number of thiophene rings is 1. The molecule has 0 aromatic carbocycles. The highest BCUT2D eigenvalue weighted by molar-refractivity contribution is 7.89. The van der Waals surface area contributed by atoms with Crippen LogP contribution in [0, 0.1) is 6.92 Å². The van der Waals surface area contributed by atoms with Crippen molar-refractivity contribution >= 4 is 27.3 Å².